The number of carbonyl (C=O) groups is 2. The number of amides is 2. The third-order valence-electron chi connectivity index (χ3n) is 5.46. The summed E-state index contributed by atoms with van der Waals surface area (Å²) in [7, 11) is 0. The SMILES string of the molecule is CC(F)(F)Oc1ccc(F)c(CNC(=O)c2cn(CCC(F)Cn3cc(NC(=O)Cc4ccccn4)nn3)nn2)c1. The molecule has 0 aliphatic rings. The molecule has 41 heavy (non-hydrogen) atoms. The van der Waals surface area contributed by atoms with E-state index in [1.807, 2.05) is 0 Å². The van der Waals surface area contributed by atoms with E-state index in [0.717, 1.165) is 18.2 Å². The number of hydrogen-bond acceptors (Lipinski definition) is 8. The van der Waals surface area contributed by atoms with Crippen molar-refractivity contribution in [2.45, 2.75) is 51.7 Å². The Morgan fingerprint density at radius 3 is 2.66 bits per heavy atom. The van der Waals surface area contributed by atoms with Crippen molar-refractivity contribution in [1.82, 2.24) is 40.3 Å². The Balaban J connectivity index is 1.21. The maximum Gasteiger partial charge on any atom is 0.394 e. The van der Waals surface area contributed by atoms with Gasteiger partial charge in [-0.25, -0.2) is 13.5 Å². The number of benzene rings is 1. The Hall–Kier alpha value is -4.89. The molecular formula is C25H25F4N9O3. The first-order valence-electron chi connectivity index (χ1n) is 12.3. The number of pyridine rings is 1. The van der Waals surface area contributed by atoms with Crippen LogP contribution in [0.4, 0.5) is 23.4 Å². The molecule has 2 amide bonds. The Kier molecular flexibility index (Phi) is 9.21. The summed E-state index contributed by atoms with van der Waals surface area (Å²) in [5, 5.41) is 20.1. The predicted molar refractivity (Wildman–Crippen MR) is 135 cm³/mol. The molecule has 2 N–H and O–H groups in total. The minimum absolute atomic E-state index is 0.00567. The normalized spacial score (nSPS) is 12.1. The quantitative estimate of drug-likeness (QED) is 0.232. The van der Waals surface area contributed by atoms with Crippen LogP contribution in [0.2, 0.25) is 0 Å². The lowest BCUT2D eigenvalue weighted by Gasteiger charge is -2.14. The second-order valence-corrected chi connectivity index (χ2v) is 8.97. The summed E-state index contributed by atoms with van der Waals surface area (Å²) >= 11 is 0. The van der Waals surface area contributed by atoms with Gasteiger partial charge in [-0.2, -0.15) is 8.78 Å². The van der Waals surface area contributed by atoms with Crippen LogP contribution in [0.25, 0.3) is 0 Å². The van der Waals surface area contributed by atoms with Gasteiger partial charge in [0.25, 0.3) is 5.91 Å². The molecule has 0 aliphatic carbocycles. The van der Waals surface area contributed by atoms with E-state index in [2.05, 4.69) is 41.0 Å². The summed E-state index contributed by atoms with van der Waals surface area (Å²) in [5.41, 5.74) is 0.415. The fourth-order valence-corrected chi connectivity index (χ4v) is 3.60. The molecule has 4 rings (SSSR count). The third-order valence-corrected chi connectivity index (χ3v) is 5.46. The van der Waals surface area contributed by atoms with E-state index in [-0.39, 0.29) is 61.2 Å². The van der Waals surface area contributed by atoms with E-state index >= 15 is 0 Å². The number of aromatic nitrogens is 7. The molecular weight excluding hydrogens is 550 g/mol. The average molecular weight is 576 g/mol. The summed E-state index contributed by atoms with van der Waals surface area (Å²) in [6.45, 7) is 0.178. The molecule has 3 heterocycles. The minimum atomic E-state index is -3.45. The molecule has 12 nitrogen and oxygen atoms in total. The van der Waals surface area contributed by atoms with Crippen LogP contribution in [0.15, 0.2) is 55.0 Å². The zero-order valence-electron chi connectivity index (χ0n) is 21.7. The first-order valence-corrected chi connectivity index (χ1v) is 12.3. The van der Waals surface area contributed by atoms with Gasteiger partial charge in [-0.15, -0.1) is 10.2 Å². The van der Waals surface area contributed by atoms with Crippen LogP contribution in [0.1, 0.15) is 35.1 Å². The number of aryl methyl sites for hydroxylation is 1. The van der Waals surface area contributed by atoms with Crippen LogP contribution in [-0.4, -0.2) is 59.1 Å². The van der Waals surface area contributed by atoms with Crippen molar-refractivity contribution in [3.05, 3.63) is 77.8 Å². The average Bonchev–Trinajstić information content (AvgIpc) is 3.57. The summed E-state index contributed by atoms with van der Waals surface area (Å²) in [4.78, 5) is 28.6. The molecule has 16 heteroatoms. The van der Waals surface area contributed by atoms with Crippen LogP contribution in [0.5, 0.6) is 5.75 Å². The number of alkyl halides is 3. The third kappa shape index (κ3) is 9.08. The highest BCUT2D eigenvalue weighted by Gasteiger charge is 2.24. The zero-order chi connectivity index (χ0) is 29.4. The standard InChI is InChI=1S/C25H25F4N9O3/c1-25(28,29)41-19-5-6-20(27)16(10-19)12-31-24(40)21-14-37(35-33-21)9-7-17(26)13-38-15-22(34-36-38)32-23(39)11-18-4-2-3-8-30-18/h2-6,8,10,14-15,17H,7,9,11-13H2,1H3,(H,31,40)(H,32,39). The Morgan fingerprint density at radius 1 is 1.10 bits per heavy atom. The number of anilines is 1. The molecule has 3 aromatic heterocycles. The summed E-state index contributed by atoms with van der Waals surface area (Å²) in [6, 6.07) is 8.28. The number of rotatable bonds is 13. The second kappa shape index (κ2) is 13.0. The molecule has 0 radical (unpaired) electrons. The van der Waals surface area contributed by atoms with E-state index in [4.69, 9.17) is 0 Å². The Morgan fingerprint density at radius 2 is 1.90 bits per heavy atom. The number of nitrogens with zero attached hydrogens (tertiary/aromatic N) is 7. The topological polar surface area (TPSA) is 142 Å². The van der Waals surface area contributed by atoms with Crippen molar-refractivity contribution in [2.75, 3.05) is 5.32 Å². The van der Waals surface area contributed by atoms with Gasteiger partial charge >= 0.3 is 6.11 Å². The fourth-order valence-electron chi connectivity index (χ4n) is 3.60. The van der Waals surface area contributed by atoms with E-state index < -0.39 is 24.0 Å². The lowest BCUT2D eigenvalue weighted by atomic mass is 10.2. The molecule has 1 atom stereocenters. The van der Waals surface area contributed by atoms with Crippen LogP contribution in [0, 0.1) is 5.82 Å². The number of hydrogen-bond donors (Lipinski definition) is 2. The Labute approximate surface area is 230 Å². The van der Waals surface area contributed by atoms with Crippen molar-refractivity contribution in [1.29, 1.82) is 0 Å². The van der Waals surface area contributed by atoms with Gasteiger partial charge in [0.1, 0.15) is 17.7 Å². The summed E-state index contributed by atoms with van der Waals surface area (Å²) in [5.74, 6) is -1.84. The van der Waals surface area contributed by atoms with E-state index in [0.29, 0.717) is 12.6 Å². The Bertz CT molecular complexity index is 1470. The van der Waals surface area contributed by atoms with Gasteiger partial charge in [-0.3, -0.25) is 19.3 Å². The van der Waals surface area contributed by atoms with Gasteiger partial charge in [0.05, 0.1) is 25.4 Å². The van der Waals surface area contributed by atoms with Gasteiger partial charge in [-0.05, 0) is 30.3 Å². The van der Waals surface area contributed by atoms with E-state index in [1.165, 1.54) is 21.8 Å². The second-order valence-electron chi connectivity index (χ2n) is 8.97. The molecule has 0 spiro atoms. The molecule has 0 saturated heterocycles. The molecule has 0 bridgehead atoms. The summed E-state index contributed by atoms with van der Waals surface area (Å²) in [6.07, 6.45) is -0.478. The first-order chi connectivity index (χ1) is 19.5. The molecule has 1 unspecified atom stereocenters. The number of halogens is 4. The van der Waals surface area contributed by atoms with Gasteiger partial charge in [0.15, 0.2) is 11.5 Å². The minimum Gasteiger partial charge on any atom is -0.433 e. The molecule has 216 valence electrons. The maximum absolute atomic E-state index is 14.6. The van der Waals surface area contributed by atoms with Crippen LogP contribution >= 0.6 is 0 Å². The highest BCUT2D eigenvalue weighted by molar-refractivity contribution is 5.92. The first kappa shape index (κ1) is 29.1. The maximum atomic E-state index is 14.6. The monoisotopic (exact) mass is 575 g/mol. The highest BCUT2D eigenvalue weighted by atomic mass is 19.3. The number of nitrogens with one attached hydrogen (secondary N) is 2. The van der Waals surface area contributed by atoms with E-state index in [1.54, 1.807) is 24.4 Å². The van der Waals surface area contributed by atoms with Crippen molar-refractivity contribution in [3.63, 3.8) is 0 Å². The number of carbonyl (C=O) groups excluding carboxylic acids is 2. The fraction of sp³-hybridized carbons (Fsp3) is 0.320. The number of ether oxygens (including phenoxy) is 1. The lowest BCUT2D eigenvalue weighted by Crippen LogP contribution is -2.24. The van der Waals surface area contributed by atoms with Gasteiger partial charge < -0.3 is 15.4 Å². The lowest BCUT2D eigenvalue weighted by molar-refractivity contribution is -0.159. The smallest absolute Gasteiger partial charge is 0.394 e. The van der Waals surface area contributed by atoms with Crippen molar-refractivity contribution < 1.29 is 31.9 Å². The van der Waals surface area contributed by atoms with Gasteiger partial charge in [0.2, 0.25) is 5.91 Å². The van der Waals surface area contributed by atoms with Crippen LogP contribution in [0.3, 0.4) is 0 Å². The van der Waals surface area contributed by atoms with Crippen LogP contribution in [-0.2, 0) is 30.8 Å². The molecule has 0 saturated carbocycles. The molecule has 0 aliphatic heterocycles. The van der Waals surface area contributed by atoms with Gasteiger partial charge in [-0.1, -0.05) is 16.5 Å². The molecule has 0 fully saturated rings. The van der Waals surface area contributed by atoms with Crippen molar-refractivity contribution >= 4 is 17.6 Å². The summed E-state index contributed by atoms with van der Waals surface area (Å²) < 4.78 is 61.6. The van der Waals surface area contributed by atoms with Crippen LogP contribution < -0.4 is 15.4 Å². The van der Waals surface area contributed by atoms with Crippen molar-refractivity contribution in [3.8, 4) is 5.75 Å². The van der Waals surface area contributed by atoms with E-state index in [9.17, 15) is 27.2 Å². The molecule has 4 aromatic rings. The highest BCUT2D eigenvalue weighted by Crippen LogP contribution is 2.23. The van der Waals surface area contributed by atoms with Crippen molar-refractivity contribution in [2.24, 2.45) is 0 Å². The van der Waals surface area contributed by atoms with Gasteiger partial charge in [0, 0.05) is 43.9 Å². The predicted octanol–water partition coefficient (Wildman–Crippen LogP) is 2.93. The largest absolute Gasteiger partial charge is 0.433 e. The molecule has 1 aromatic carbocycles. The zero-order valence-corrected chi connectivity index (χ0v) is 21.7.